The second kappa shape index (κ2) is 6.87. The van der Waals surface area contributed by atoms with E-state index in [-0.39, 0.29) is 0 Å². The molecular formula is C16H25BrN2. The van der Waals surface area contributed by atoms with Crippen LogP contribution in [0.3, 0.4) is 0 Å². The predicted octanol–water partition coefficient (Wildman–Crippen LogP) is 3.89. The number of benzene rings is 1. The molecule has 1 fully saturated rings. The van der Waals surface area contributed by atoms with Crippen molar-refractivity contribution in [2.45, 2.75) is 44.7 Å². The van der Waals surface area contributed by atoms with Gasteiger partial charge in [0.2, 0.25) is 0 Å². The van der Waals surface area contributed by atoms with Crippen LogP contribution in [0.5, 0.6) is 0 Å². The molecule has 0 saturated carbocycles. The Bertz CT molecular complexity index is 411. The van der Waals surface area contributed by atoms with Crippen molar-refractivity contribution in [2.24, 2.45) is 0 Å². The second-order valence-corrected chi connectivity index (χ2v) is 6.78. The van der Waals surface area contributed by atoms with Crippen LogP contribution in [0.25, 0.3) is 0 Å². The van der Waals surface area contributed by atoms with E-state index in [4.69, 9.17) is 0 Å². The first kappa shape index (κ1) is 15.0. The summed E-state index contributed by atoms with van der Waals surface area (Å²) in [6.45, 7) is 3.40. The number of piperidine rings is 1. The Hall–Kier alpha value is -0.380. The van der Waals surface area contributed by atoms with Gasteiger partial charge in [-0.3, -0.25) is 0 Å². The van der Waals surface area contributed by atoms with E-state index in [0.29, 0.717) is 12.1 Å². The van der Waals surface area contributed by atoms with Gasteiger partial charge in [-0.05, 0) is 70.1 Å². The summed E-state index contributed by atoms with van der Waals surface area (Å²) in [6, 6.07) is 7.78. The van der Waals surface area contributed by atoms with Gasteiger partial charge in [0.15, 0.2) is 0 Å². The Labute approximate surface area is 125 Å². The number of aryl methyl sites for hydroxylation is 1. The first-order chi connectivity index (χ1) is 9.08. The summed E-state index contributed by atoms with van der Waals surface area (Å²) in [5, 5.41) is 3.67. The molecular weight excluding hydrogens is 300 g/mol. The fourth-order valence-electron chi connectivity index (χ4n) is 2.98. The third-order valence-electron chi connectivity index (χ3n) is 4.14. The summed E-state index contributed by atoms with van der Waals surface area (Å²) in [5.41, 5.74) is 2.84. The van der Waals surface area contributed by atoms with Gasteiger partial charge in [-0.15, -0.1) is 0 Å². The van der Waals surface area contributed by atoms with Crippen molar-refractivity contribution in [1.82, 2.24) is 10.2 Å². The maximum atomic E-state index is 3.67. The SMILES string of the molecule is Cc1ccc(Br)cc1C(CC1CCCCN1)N(C)C. The van der Waals surface area contributed by atoms with Gasteiger partial charge < -0.3 is 10.2 Å². The molecule has 0 radical (unpaired) electrons. The Morgan fingerprint density at radius 2 is 2.16 bits per heavy atom. The molecule has 2 nitrogen and oxygen atoms in total. The van der Waals surface area contributed by atoms with Crippen LogP contribution in [0.4, 0.5) is 0 Å². The molecule has 2 rings (SSSR count). The molecule has 2 unspecified atom stereocenters. The molecule has 1 N–H and O–H groups in total. The monoisotopic (exact) mass is 324 g/mol. The van der Waals surface area contributed by atoms with Crippen molar-refractivity contribution < 1.29 is 0 Å². The lowest BCUT2D eigenvalue weighted by Gasteiger charge is -2.32. The van der Waals surface area contributed by atoms with Crippen molar-refractivity contribution in [3.63, 3.8) is 0 Å². The fourth-order valence-corrected chi connectivity index (χ4v) is 3.36. The predicted molar refractivity (Wildman–Crippen MR) is 85.6 cm³/mol. The van der Waals surface area contributed by atoms with E-state index in [2.05, 4.69) is 65.4 Å². The highest BCUT2D eigenvalue weighted by Crippen LogP contribution is 2.30. The zero-order valence-electron chi connectivity index (χ0n) is 12.2. The van der Waals surface area contributed by atoms with Gasteiger partial charge in [0.05, 0.1) is 0 Å². The van der Waals surface area contributed by atoms with Crippen molar-refractivity contribution in [1.29, 1.82) is 0 Å². The first-order valence-corrected chi connectivity index (χ1v) is 8.03. The molecule has 2 atom stereocenters. The quantitative estimate of drug-likeness (QED) is 0.903. The van der Waals surface area contributed by atoms with Crippen molar-refractivity contribution in [3.05, 3.63) is 33.8 Å². The Balaban J connectivity index is 2.16. The maximum absolute atomic E-state index is 3.67. The Morgan fingerprint density at radius 1 is 1.37 bits per heavy atom. The van der Waals surface area contributed by atoms with E-state index in [1.165, 1.54) is 47.8 Å². The number of nitrogens with one attached hydrogen (secondary N) is 1. The number of hydrogen-bond acceptors (Lipinski definition) is 2. The smallest absolute Gasteiger partial charge is 0.0359 e. The van der Waals surface area contributed by atoms with Crippen LogP contribution < -0.4 is 5.32 Å². The zero-order chi connectivity index (χ0) is 13.8. The van der Waals surface area contributed by atoms with Crippen molar-refractivity contribution in [3.8, 4) is 0 Å². The summed E-state index contributed by atoms with van der Waals surface area (Å²) in [6.07, 6.45) is 5.22. The number of hydrogen-bond donors (Lipinski definition) is 1. The minimum atomic E-state index is 0.494. The number of nitrogens with zero attached hydrogens (tertiary/aromatic N) is 1. The van der Waals surface area contributed by atoms with Crippen LogP contribution >= 0.6 is 15.9 Å². The van der Waals surface area contributed by atoms with Gasteiger partial charge in [-0.1, -0.05) is 28.4 Å². The van der Waals surface area contributed by atoms with Crippen molar-refractivity contribution >= 4 is 15.9 Å². The molecule has 1 aliphatic rings. The van der Waals surface area contributed by atoms with Crippen LogP contribution in [0, 0.1) is 6.92 Å². The topological polar surface area (TPSA) is 15.3 Å². The van der Waals surface area contributed by atoms with E-state index < -0.39 is 0 Å². The first-order valence-electron chi connectivity index (χ1n) is 7.24. The average Bonchev–Trinajstić information content (AvgIpc) is 2.40. The average molecular weight is 325 g/mol. The highest BCUT2D eigenvalue weighted by Gasteiger charge is 2.22. The molecule has 0 spiro atoms. The molecule has 0 aliphatic carbocycles. The summed E-state index contributed by atoms with van der Waals surface area (Å²) in [5.74, 6) is 0. The molecule has 3 heteroatoms. The highest BCUT2D eigenvalue weighted by atomic mass is 79.9. The lowest BCUT2D eigenvalue weighted by atomic mass is 9.91. The Kier molecular flexibility index (Phi) is 5.43. The van der Waals surface area contributed by atoms with E-state index in [9.17, 15) is 0 Å². The van der Waals surface area contributed by atoms with E-state index in [0.717, 1.165) is 0 Å². The lowest BCUT2D eigenvalue weighted by Crippen LogP contribution is -2.37. The highest BCUT2D eigenvalue weighted by molar-refractivity contribution is 9.10. The summed E-state index contributed by atoms with van der Waals surface area (Å²) >= 11 is 3.60. The minimum absolute atomic E-state index is 0.494. The van der Waals surface area contributed by atoms with Crippen LogP contribution in [0.2, 0.25) is 0 Å². The summed E-state index contributed by atoms with van der Waals surface area (Å²) in [4.78, 5) is 2.35. The van der Waals surface area contributed by atoms with Gasteiger partial charge >= 0.3 is 0 Å². The number of halogens is 1. The van der Waals surface area contributed by atoms with Gasteiger partial charge in [0.25, 0.3) is 0 Å². The van der Waals surface area contributed by atoms with Crippen LogP contribution in [-0.4, -0.2) is 31.6 Å². The summed E-state index contributed by atoms with van der Waals surface area (Å²) in [7, 11) is 4.38. The van der Waals surface area contributed by atoms with Crippen LogP contribution in [0.1, 0.15) is 42.9 Å². The van der Waals surface area contributed by atoms with E-state index in [1.807, 2.05) is 0 Å². The molecule has 106 valence electrons. The third kappa shape index (κ3) is 4.04. The van der Waals surface area contributed by atoms with Crippen LogP contribution in [0.15, 0.2) is 22.7 Å². The standard InChI is InChI=1S/C16H25BrN2/c1-12-7-8-13(17)10-15(12)16(19(2)3)11-14-6-4-5-9-18-14/h7-8,10,14,16,18H,4-6,9,11H2,1-3H3. The van der Waals surface area contributed by atoms with Gasteiger partial charge in [-0.25, -0.2) is 0 Å². The van der Waals surface area contributed by atoms with Gasteiger partial charge in [0, 0.05) is 16.6 Å². The van der Waals surface area contributed by atoms with Gasteiger partial charge in [0.1, 0.15) is 0 Å². The van der Waals surface area contributed by atoms with E-state index >= 15 is 0 Å². The Morgan fingerprint density at radius 3 is 2.79 bits per heavy atom. The molecule has 19 heavy (non-hydrogen) atoms. The molecule has 0 aromatic heterocycles. The largest absolute Gasteiger partial charge is 0.314 e. The molecule has 0 bridgehead atoms. The lowest BCUT2D eigenvalue weighted by molar-refractivity contribution is 0.239. The zero-order valence-corrected chi connectivity index (χ0v) is 13.8. The molecule has 0 amide bonds. The minimum Gasteiger partial charge on any atom is -0.314 e. The summed E-state index contributed by atoms with van der Waals surface area (Å²) < 4.78 is 1.18. The van der Waals surface area contributed by atoms with E-state index in [1.54, 1.807) is 0 Å². The molecule has 1 saturated heterocycles. The maximum Gasteiger partial charge on any atom is 0.0359 e. The van der Waals surface area contributed by atoms with Crippen LogP contribution in [-0.2, 0) is 0 Å². The van der Waals surface area contributed by atoms with Crippen molar-refractivity contribution in [2.75, 3.05) is 20.6 Å². The third-order valence-corrected chi connectivity index (χ3v) is 4.64. The molecule has 1 aromatic rings. The molecule has 1 aromatic carbocycles. The normalized spacial score (nSPS) is 21.6. The second-order valence-electron chi connectivity index (χ2n) is 5.86. The molecule has 1 aliphatic heterocycles. The van der Waals surface area contributed by atoms with Gasteiger partial charge in [-0.2, -0.15) is 0 Å². The molecule has 1 heterocycles. The fraction of sp³-hybridized carbons (Fsp3) is 0.625. The number of rotatable bonds is 4.